The minimum atomic E-state index is -0.568. The first kappa shape index (κ1) is 14.4. The van der Waals surface area contributed by atoms with Crippen LogP contribution in [-0.2, 0) is 6.54 Å². The van der Waals surface area contributed by atoms with Gasteiger partial charge in [0, 0.05) is 12.5 Å². The van der Waals surface area contributed by atoms with E-state index in [4.69, 9.17) is 4.42 Å². The third-order valence-corrected chi connectivity index (χ3v) is 3.92. The van der Waals surface area contributed by atoms with E-state index < -0.39 is 11.5 Å². The average Bonchev–Trinajstić information content (AvgIpc) is 2.89. The Morgan fingerprint density at radius 2 is 2.32 bits per heavy atom. The summed E-state index contributed by atoms with van der Waals surface area (Å²) in [6.45, 7) is 2.52. The maximum Gasteiger partial charge on any atom is 0.349 e. The van der Waals surface area contributed by atoms with Gasteiger partial charge in [0.05, 0.1) is 6.54 Å². The molecule has 0 saturated heterocycles. The Morgan fingerprint density at radius 3 is 2.91 bits per heavy atom. The molecule has 8 heteroatoms. The zero-order valence-corrected chi connectivity index (χ0v) is 12.3. The normalized spacial score (nSPS) is 14.6. The number of amides is 1. The number of aryl methyl sites for hydroxylation is 1. The first-order chi connectivity index (χ1) is 10.6. The van der Waals surface area contributed by atoms with Crippen LogP contribution in [0.4, 0.5) is 0 Å². The standard InChI is InChI=1S/C14H17N5O3/c1-9-7-11(10-3-2-4-10)22-14(21)12(9)13(20)15-5-6-19-8-16-17-18-19/h7-8,10H,2-6H2,1H3,(H,15,20). The third-order valence-electron chi connectivity index (χ3n) is 3.92. The Hall–Kier alpha value is -2.51. The van der Waals surface area contributed by atoms with Crippen molar-refractivity contribution >= 4 is 5.91 Å². The average molecular weight is 303 g/mol. The summed E-state index contributed by atoms with van der Waals surface area (Å²) in [5.74, 6) is 0.585. The topological polar surface area (TPSA) is 103 Å². The molecule has 1 fully saturated rings. The van der Waals surface area contributed by atoms with Crippen LogP contribution in [0.3, 0.4) is 0 Å². The van der Waals surface area contributed by atoms with Crippen molar-refractivity contribution in [1.82, 2.24) is 25.5 Å². The quantitative estimate of drug-likeness (QED) is 0.869. The van der Waals surface area contributed by atoms with Crippen molar-refractivity contribution in [3.05, 3.63) is 39.7 Å². The van der Waals surface area contributed by atoms with E-state index in [0.29, 0.717) is 30.3 Å². The fourth-order valence-corrected chi connectivity index (χ4v) is 2.45. The summed E-state index contributed by atoms with van der Waals surface area (Å²) in [4.78, 5) is 24.2. The summed E-state index contributed by atoms with van der Waals surface area (Å²) in [5.41, 5.74) is 0.152. The van der Waals surface area contributed by atoms with Crippen LogP contribution in [0.25, 0.3) is 0 Å². The summed E-state index contributed by atoms with van der Waals surface area (Å²) in [7, 11) is 0. The molecule has 22 heavy (non-hydrogen) atoms. The van der Waals surface area contributed by atoms with Crippen molar-refractivity contribution in [2.75, 3.05) is 6.54 Å². The van der Waals surface area contributed by atoms with Gasteiger partial charge in [-0.3, -0.25) is 4.79 Å². The summed E-state index contributed by atoms with van der Waals surface area (Å²) in [6, 6.07) is 1.81. The van der Waals surface area contributed by atoms with Crippen LogP contribution in [0.1, 0.15) is 46.9 Å². The van der Waals surface area contributed by atoms with Crippen LogP contribution in [0.5, 0.6) is 0 Å². The molecule has 2 heterocycles. The van der Waals surface area contributed by atoms with Gasteiger partial charge in [-0.1, -0.05) is 6.42 Å². The van der Waals surface area contributed by atoms with Gasteiger partial charge in [-0.2, -0.15) is 0 Å². The van der Waals surface area contributed by atoms with E-state index in [1.165, 1.54) is 11.0 Å². The molecule has 8 nitrogen and oxygen atoms in total. The van der Waals surface area contributed by atoms with Crippen LogP contribution in [0.2, 0.25) is 0 Å². The molecule has 1 aliphatic carbocycles. The van der Waals surface area contributed by atoms with Crippen molar-refractivity contribution in [3.63, 3.8) is 0 Å². The second kappa shape index (κ2) is 6.08. The molecule has 1 saturated carbocycles. The van der Waals surface area contributed by atoms with E-state index >= 15 is 0 Å². The molecule has 0 spiro atoms. The Bertz CT molecular complexity index is 719. The molecule has 0 bridgehead atoms. The summed E-state index contributed by atoms with van der Waals surface area (Å²) in [5, 5.41) is 13.4. The van der Waals surface area contributed by atoms with Crippen molar-refractivity contribution < 1.29 is 9.21 Å². The second-order valence-electron chi connectivity index (χ2n) is 5.45. The molecule has 2 aromatic heterocycles. The van der Waals surface area contributed by atoms with Gasteiger partial charge in [0.25, 0.3) is 5.91 Å². The van der Waals surface area contributed by atoms with Crippen molar-refractivity contribution in [2.24, 2.45) is 0 Å². The number of carbonyl (C=O) groups is 1. The summed E-state index contributed by atoms with van der Waals surface area (Å²) >= 11 is 0. The number of hydrogen-bond acceptors (Lipinski definition) is 6. The molecular formula is C14H17N5O3. The molecule has 1 amide bonds. The van der Waals surface area contributed by atoms with E-state index in [0.717, 1.165) is 19.3 Å². The van der Waals surface area contributed by atoms with Crippen LogP contribution >= 0.6 is 0 Å². The van der Waals surface area contributed by atoms with E-state index in [9.17, 15) is 9.59 Å². The Labute approximate surface area is 126 Å². The highest BCUT2D eigenvalue weighted by molar-refractivity contribution is 5.95. The van der Waals surface area contributed by atoms with Gasteiger partial charge < -0.3 is 9.73 Å². The van der Waals surface area contributed by atoms with E-state index in [1.807, 2.05) is 6.07 Å². The Balaban J connectivity index is 1.67. The van der Waals surface area contributed by atoms with E-state index in [2.05, 4.69) is 20.8 Å². The van der Waals surface area contributed by atoms with Crippen LogP contribution in [0, 0.1) is 6.92 Å². The molecule has 0 radical (unpaired) electrons. The molecule has 0 aromatic carbocycles. The largest absolute Gasteiger partial charge is 0.427 e. The first-order valence-electron chi connectivity index (χ1n) is 7.29. The van der Waals surface area contributed by atoms with Crippen LogP contribution in [0.15, 0.2) is 21.6 Å². The lowest BCUT2D eigenvalue weighted by molar-refractivity contribution is 0.0946. The zero-order valence-electron chi connectivity index (χ0n) is 12.3. The number of rotatable bonds is 5. The van der Waals surface area contributed by atoms with Crippen LogP contribution in [-0.4, -0.2) is 32.7 Å². The minimum Gasteiger partial charge on any atom is -0.427 e. The maximum absolute atomic E-state index is 12.1. The van der Waals surface area contributed by atoms with Gasteiger partial charge >= 0.3 is 5.63 Å². The third kappa shape index (κ3) is 2.90. The molecule has 3 rings (SSSR count). The molecular weight excluding hydrogens is 286 g/mol. The number of nitrogens with zero attached hydrogens (tertiary/aromatic N) is 4. The number of tetrazole rings is 1. The van der Waals surface area contributed by atoms with Gasteiger partial charge in [0.15, 0.2) is 0 Å². The van der Waals surface area contributed by atoms with Crippen molar-refractivity contribution in [1.29, 1.82) is 0 Å². The maximum atomic E-state index is 12.1. The SMILES string of the molecule is Cc1cc(C2CCC2)oc(=O)c1C(=O)NCCn1cnnn1. The van der Waals surface area contributed by atoms with Crippen molar-refractivity contribution in [3.8, 4) is 0 Å². The highest BCUT2D eigenvalue weighted by atomic mass is 16.4. The fourth-order valence-electron chi connectivity index (χ4n) is 2.45. The molecule has 0 aliphatic heterocycles. The van der Waals surface area contributed by atoms with E-state index in [-0.39, 0.29) is 5.56 Å². The van der Waals surface area contributed by atoms with Gasteiger partial charge in [-0.25, -0.2) is 9.48 Å². The van der Waals surface area contributed by atoms with Gasteiger partial charge in [0.2, 0.25) is 0 Å². The molecule has 116 valence electrons. The Morgan fingerprint density at radius 1 is 1.50 bits per heavy atom. The molecule has 0 atom stereocenters. The predicted octanol–water partition coefficient (Wildman–Crippen LogP) is 0.632. The molecule has 2 aromatic rings. The van der Waals surface area contributed by atoms with Gasteiger partial charge in [-0.15, -0.1) is 5.10 Å². The molecule has 0 unspecified atom stereocenters. The Kier molecular flexibility index (Phi) is 3.99. The first-order valence-corrected chi connectivity index (χ1v) is 7.29. The highest BCUT2D eigenvalue weighted by Crippen LogP contribution is 2.36. The number of aromatic nitrogens is 4. The fraction of sp³-hybridized carbons (Fsp3) is 0.500. The summed E-state index contributed by atoms with van der Waals surface area (Å²) in [6.07, 6.45) is 4.70. The van der Waals surface area contributed by atoms with E-state index in [1.54, 1.807) is 6.92 Å². The van der Waals surface area contributed by atoms with Gasteiger partial charge in [-0.05, 0) is 41.8 Å². The molecule has 1 aliphatic rings. The highest BCUT2D eigenvalue weighted by Gasteiger charge is 2.25. The number of carbonyl (C=O) groups excluding carboxylic acids is 1. The zero-order chi connectivity index (χ0) is 15.5. The smallest absolute Gasteiger partial charge is 0.349 e. The monoisotopic (exact) mass is 303 g/mol. The van der Waals surface area contributed by atoms with Gasteiger partial charge in [0.1, 0.15) is 17.7 Å². The minimum absolute atomic E-state index is 0.0692. The van der Waals surface area contributed by atoms with Crippen LogP contribution < -0.4 is 10.9 Å². The second-order valence-corrected chi connectivity index (χ2v) is 5.45. The van der Waals surface area contributed by atoms with Crippen molar-refractivity contribution in [2.45, 2.75) is 38.6 Å². The lowest BCUT2D eigenvalue weighted by Crippen LogP contribution is -2.32. The number of nitrogens with one attached hydrogen (secondary N) is 1. The number of hydrogen-bond donors (Lipinski definition) is 1. The summed E-state index contributed by atoms with van der Waals surface area (Å²) < 4.78 is 6.81. The lowest BCUT2D eigenvalue weighted by Gasteiger charge is -2.24. The predicted molar refractivity (Wildman–Crippen MR) is 76.5 cm³/mol. The lowest BCUT2D eigenvalue weighted by atomic mass is 9.83. The molecule has 1 N–H and O–H groups in total.